The van der Waals surface area contributed by atoms with E-state index in [-0.39, 0.29) is 11.3 Å². The summed E-state index contributed by atoms with van der Waals surface area (Å²) in [4.78, 5) is 19.6. The number of nitrogens with zero attached hydrogens (tertiary/aromatic N) is 5. The summed E-state index contributed by atoms with van der Waals surface area (Å²) in [6, 6.07) is 14.8. The molecular formula is C32H35FN6O2. The molecule has 2 bridgehead atoms. The number of pyridine rings is 1. The number of rotatable bonds is 5. The Kier molecular flexibility index (Phi) is 5.83. The summed E-state index contributed by atoms with van der Waals surface area (Å²) >= 11 is 0. The largest absolute Gasteiger partial charge is 0.508 e. The number of aryl methyl sites for hydroxylation is 1. The van der Waals surface area contributed by atoms with Crippen molar-refractivity contribution < 1.29 is 14.2 Å². The number of alkyl halides is 1. The van der Waals surface area contributed by atoms with Crippen LogP contribution in [0.25, 0.3) is 32.9 Å². The van der Waals surface area contributed by atoms with Crippen molar-refractivity contribution in [2.24, 2.45) is 0 Å². The Balaban J connectivity index is 1.24. The fourth-order valence-corrected chi connectivity index (χ4v) is 7.85. The van der Waals surface area contributed by atoms with Gasteiger partial charge in [-0.1, -0.05) is 24.3 Å². The first-order valence-corrected chi connectivity index (χ1v) is 14.9. The zero-order valence-electron chi connectivity index (χ0n) is 23.3. The second-order valence-electron chi connectivity index (χ2n) is 12.4. The molecule has 0 spiro atoms. The van der Waals surface area contributed by atoms with Gasteiger partial charge in [0, 0.05) is 43.7 Å². The smallest absolute Gasteiger partial charge is 0.319 e. The Morgan fingerprint density at radius 2 is 1.90 bits per heavy atom. The van der Waals surface area contributed by atoms with Gasteiger partial charge in [-0.3, -0.25) is 9.88 Å². The van der Waals surface area contributed by atoms with Gasteiger partial charge in [0.1, 0.15) is 24.3 Å². The van der Waals surface area contributed by atoms with Gasteiger partial charge < -0.3 is 20.1 Å². The van der Waals surface area contributed by atoms with Crippen LogP contribution < -0.4 is 15.0 Å². The molecule has 8 rings (SSSR count). The summed E-state index contributed by atoms with van der Waals surface area (Å²) in [6.45, 7) is 5.56. The number of halogens is 1. The maximum atomic E-state index is 14.4. The lowest BCUT2D eigenvalue weighted by Gasteiger charge is -2.35. The number of fused-ring (bicyclic) bond motifs is 5. The molecule has 2 N–H and O–H groups in total. The predicted octanol–water partition coefficient (Wildman–Crippen LogP) is 4.75. The van der Waals surface area contributed by atoms with Crippen LogP contribution in [0.4, 0.5) is 10.2 Å². The van der Waals surface area contributed by atoms with E-state index in [2.05, 4.69) is 15.1 Å². The van der Waals surface area contributed by atoms with Crippen LogP contribution >= 0.6 is 0 Å². The quantitative estimate of drug-likeness (QED) is 0.366. The number of ether oxygens (including phenoxy) is 1. The van der Waals surface area contributed by atoms with Gasteiger partial charge in [-0.25, -0.2) is 4.39 Å². The molecular weight excluding hydrogens is 519 g/mol. The van der Waals surface area contributed by atoms with Crippen molar-refractivity contribution in [1.29, 1.82) is 0 Å². The van der Waals surface area contributed by atoms with Gasteiger partial charge in [-0.2, -0.15) is 9.97 Å². The minimum absolute atomic E-state index is 0.199. The van der Waals surface area contributed by atoms with E-state index in [1.807, 2.05) is 37.3 Å². The molecule has 2 aromatic carbocycles. The first kappa shape index (κ1) is 25.2. The number of benzene rings is 2. The maximum absolute atomic E-state index is 14.4. The molecule has 212 valence electrons. The van der Waals surface area contributed by atoms with Gasteiger partial charge in [0.25, 0.3) is 0 Å². The van der Waals surface area contributed by atoms with Crippen LogP contribution in [0.1, 0.15) is 37.8 Å². The van der Waals surface area contributed by atoms with Gasteiger partial charge in [-0.15, -0.1) is 0 Å². The Bertz CT molecular complexity index is 1650. The number of piperazine rings is 1. The highest BCUT2D eigenvalue weighted by Gasteiger charge is 2.49. The van der Waals surface area contributed by atoms with E-state index in [1.54, 1.807) is 12.1 Å². The van der Waals surface area contributed by atoms with Gasteiger partial charge in [0.15, 0.2) is 0 Å². The van der Waals surface area contributed by atoms with E-state index in [1.165, 1.54) is 12.8 Å². The van der Waals surface area contributed by atoms with Gasteiger partial charge in [0.05, 0.1) is 27.8 Å². The van der Waals surface area contributed by atoms with Crippen molar-refractivity contribution in [1.82, 2.24) is 25.2 Å². The average molecular weight is 555 g/mol. The molecule has 2 unspecified atom stereocenters. The van der Waals surface area contributed by atoms with E-state index in [0.717, 1.165) is 76.9 Å². The third-order valence-corrected chi connectivity index (χ3v) is 9.69. The van der Waals surface area contributed by atoms with E-state index in [4.69, 9.17) is 19.7 Å². The molecule has 41 heavy (non-hydrogen) atoms. The highest BCUT2D eigenvalue weighted by Crippen LogP contribution is 2.41. The summed E-state index contributed by atoms with van der Waals surface area (Å²) in [6.07, 6.45) is 4.04. The second kappa shape index (κ2) is 9.49. The molecule has 2 aromatic heterocycles. The van der Waals surface area contributed by atoms with Crippen LogP contribution in [0.15, 0.2) is 42.5 Å². The number of nitrogens with one attached hydrogen (secondary N) is 1. The fourth-order valence-electron chi connectivity index (χ4n) is 7.85. The molecule has 0 amide bonds. The lowest BCUT2D eigenvalue weighted by Crippen LogP contribution is -2.51. The second-order valence-corrected chi connectivity index (χ2v) is 12.4. The molecule has 9 heteroatoms. The lowest BCUT2D eigenvalue weighted by atomic mass is 9.95. The molecule has 4 saturated heterocycles. The lowest BCUT2D eigenvalue weighted by molar-refractivity contribution is 0.107. The molecule has 4 fully saturated rings. The van der Waals surface area contributed by atoms with E-state index >= 15 is 0 Å². The molecule has 0 saturated carbocycles. The number of hydrogen-bond acceptors (Lipinski definition) is 8. The minimum atomic E-state index is -0.809. The predicted molar refractivity (Wildman–Crippen MR) is 157 cm³/mol. The maximum Gasteiger partial charge on any atom is 0.319 e. The monoisotopic (exact) mass is 554 g/mol. The van der Waals surface area contributed by atoms with Crippen molar-refractivity contribution in [2.75, 3.05) is 37.7 Å². The van der Waals surface area contributed by atoms with Crippen molar-refractivity contribution in [3.8, 4) is 23.0 Å². The third-order valence-electron chi connectivity index (χ3n) is 9.69. The summed E-state index contributed by atoms with van der Waals surface area (Å²) in [7, 11) is 0. The van der Waals surface area contributed by atoms with Crippen LogP contribution in [0.5, 0.6) is 11.8 Å². The average Bonchev–Trinajstić information content (AvgIpc) is 3.61. The summed E-state index contributed by atoms with van der Waals surface area (Å²) in [5.74, 6) is 1.06. The van der Waals surface area contributed by atoms with E-state index in [9.17, 15) is 9.50 Å². The molecule has 4 aliphatic rings. The molecule has 8 nitrogen and oxygen atoms in total. The van der Waals surface area contributed by atoms with Crippen LogP contribution in [-0.2, 0) is 0 Å². The van der Waals surface area contributed by atoms with Crippen molar-refractivity contribution in [3.05, 3.63) is 48.2 Å². The molecule has 4 aromatic rings. The van der Waals surface area contributed by atoms with Crippen LogP contribution in [0, 0.1) is 6.92 Å². The number of hydrogen-bond donors (Lipinski definition) is 2. The van der Waals surface area contributed by atoms with Gasteiger partial charge in [0.2, 0.25) is 0 Å². The van der Waals surface area contributed by atoms with Crippen molar-refractivity contribution in [2.45, 2.75) is 62.8 Å². The topological polar surface area (TPSA) is 86.6 Å². The van der Waals surface area contributed by atoms with Gasteiger partial charge in [-0.05, 0) is 68.1 Å². The minimum Gasteiger partial charge on any atom is -0.508 e. The first-order chi connectivity index (χ1) is 19.9. The Hall–Kier alpha value is -3.56. The Morgan fingerprint density at radius 3 is 2.76 bits per heavy atom. The van der Waals surface area contributed by atoms with E-state index in [0.29, 0.717) is 37.7 Å². The SMILES string of the molecule is Cc1nc(-c2cc(O)cc3ccccc23)cc2nc(OC[C@@]34CCCN3C[C@H](F)C4)nc(N3CC4CCC(C3)N4)c12. The molecule has 4 aliphatic heterocycles. The number of phenolic OH excluding ortho intramolecular Hbond substituents is 1. The first-order valence-electron chi connectivity index (χ1n) is 14.9. The van der Waals surface area contributed by atoms with Crippen LogP contribution in [0.3, 0.4) is 0 Å². The molecule has 6 heterocycles. The molecule has 0 aliphatic carbocycles. The standard InChI is InChI=1S/C32H35FN6O2/c1-19-29-28(13-27(34-19)26-12-24(40)11-20-5-2-3-6-25(20)26)36-31(37-30(29)38-16-22-7-8-23(17-38)35-22)41-18-32-9-4-10-39(32)15-21(33)14-32/h2-3,5-6,11-13,21-23,35,40H,4,7-10,14-18H2,1H3/t21-,22?,23?,32+/m1/s1. The van der Waals surface area contributed by atoms with Crippen molar-refractivity contribution in [3.63, 3.8) is 0 Å². The fraction of sp³-hybridized carbons (Fsp3) is 0.469. The third kappa shape index (κ3) is 4.28. The van der Waals surface area contributed by atoms with Crippen LogP contribution in [-0.4, -0.2) is 81.5 Å². The Morgan fingerprint density at radius 1 is 1.07 bits per heavy atom. The molecule has 4 atom stereocenters. The van der Waals surface area contributed by atoms with Crippen molar-refractivity contribution >= 4 is 27.5 Å². The van der Waals surface area contributed by atoms with Gasteiger partial charge >= 0.3 is 6.01 Å². The summed E-state index contributed by atoms with van der Waals surface area (Å²) in [5.41, 5.74) is 2.94. The van der Waals surface area contributed by atoms with Crippen LogP contribution in [0.2, 0.25) is 0 Å². The highest BCUT2D eigenvalue weighted by atomic mass is 19.1. The number of anilines is 1. The zero-order valence-corrected chi connectivity index (χ0v) is 23.3. The highest BCUT2D eigenvalue weighted by molar-refractivity contribution is 6.00. The number of aromatic nitrogens is 3. The zero-order chi connectivity index (χ0) is 27.7. The number of phenols is 1. The molecule has 0 radical (unpaired) electrons. The summed E-state index contributed by atoms with van der Waals surface area (Å²) in [5, 5.41) is 17.1. The Labute approximate surface area is 238 Å². The summed E-state index contributed by atoms with van der Waals surface area (Å²) < 4.78 is 20.8. The normalized spacial score (nSPS) is 27.7. The number of aromatic hydroxyl groups is 1. The van der Waals surface area contributed by atoms with E-state index < -0.39 is 6.17 Å².